The van der Waals surface area contributed by atoms with Gasteiger partial charge in [0.1, 0.15) is 0 Å². The summed E-state index contributed by atoms with van der Waals surface area (Å²) in [6, 6.07) is 7.53. The number of aliphatic hydroxyl groups excluding tert-OH is 1. The van der Waals surface area contributed by atoms with Gasteiger partial charge < -0.3 is 10.4 Å². The summed E-state index contributed by atoms with van der Waals surface area (Å²) in [7, 11) is 0. The second kappa shape index (κ2) is 6.77. The van der Waals surface area contributed by atoms with Gasteiger partial charge in [-0.15, -0.1) is 0 Å². The van der Waals surface area contributed by atoms with Gasteiger partial charge in [0.25, 0.3) is 0 Å². The molecule has 0 fully saturated rings. The van der Waals surface area contributed by atoms with Crippen LogP contribution in [0.3, 0.4) is 0 Å². The van der Waals surface area contributed by atoms with E-state index < -0.39 is 0 Å². The van der Waals surface area contributed by atoms with Gasteiger partial charge in [-0.25, -0.2) is 0 Å². The lowest BCUT2D eigenvalue weighted by atomic mass is 10.1. The van der Waals surface area contributed by atoms with Gasteiger partial charge in [-0.3, -0.25) is 4.79 Å². The molecule has 0 bridgehead atoms. The Morgan fingerprint density at radius 1 is 1.29 bits per heavy atom. The average molecular weight is 300 g/mol. The van der Waals surface area contributed by atoms with Gasteiger partial charge in [-0.05, 0) is 17.0 Å². The van der Waals surface area contributed by atoms with E-state index in [4.69, 9.17) is 5.11 Å². The smallest absolute Gasteiger partial charge is 0.234 e. The third-order valence-corrected chi connectivity index (χ3v) is 3.98. The van der Waals surface area contributed by atoms with Gasteiger partial charge in [-0.2, -0.15) is 0 Å². The van der Waals surface area contributed by atoms with E-state index in [0.717, 1.165) is 11.1 Å². The first-order valence-electron chi connectivity index (χ1n) is 5.65. The number of amides is 1. The Labute approximate surface area is 110 Å². The Morgan fingerprint density at radius 3 is 2.29 bits per heavy atom. The molecular formula is C13H18BrNO2. The van der Waals surface area contributed by atoms with E-state index in [1.54, 1.807) is 0 Å². The number of carbonyl (C=O) groups excluding carboxylic acids is 1. The van der Waals surface area contributed by atoms with E-state index in [0.29, 0.717) is 6.54 Å². The molecular weight excluding hydrogens is 282 g/mol. The first-order valence-corrected chi connectivity index (χ1v) is 6.56. The van der Waals surface area contributed by atoms with Crippen molar-refractivity contribution in [1.29, 1.82) is 0 Å². The van der Waals surface area contributed by atoms with Gasteiger partial charge in [0.2, 0.25) is 5.91 Å². The van der Waals surface area contributed by atoms with E-state index in [2.05, 4.69) is 21.2 Å². The molecule has 0 spiro atoms. The molecule has 0 aliphatic carbocycles. The number of hydrogen-bond donors (Lipinski definition) is 2. The number of benzene rings is 1. The van der Waals surface area contributed by atoms with Crippen molar-refractivity contribution in [2.24, 2.45) is 5.92 Å². The molecule has 94 valence electrons. The lowest BCUT2D eigenvalue weighted by molar-refractivity contribution is -0.121. The molecule has 3 nitrogen and oxygen atoms in total. The summed E-state index contributed by atoms with van der Waals surface area (Å²) in [6.45, 7) is 4.55. The molecule has 1 unspecified atom stereocenters. The van der Waals surface area contributed by atoms with Gasteiger partial charge in [0, 0.05) is 6.54 Å². The van der Waals surface area contributed by atoms with Crippen molar-refractivity contribution in [3.05, 3.63) is 35.4 Å². The number of carbonyl (C=O) groups is 1. The normalized spacial score (nSPS) is 12.5. The van der Waals surface area contributed by atoms with Crippen molar-refractivity contribution < 1.29 is 9.90 Å². The molecule has 17 heavy (non-hydrogen) atoms. The summed E-state index contributed by atoms with van der Waals surface area (Å²) in [5.74, 6) is 0.276. The van der Waals surface area contributed by atoms with Crippen LogP contribution in [0.25, 0.3) is 0 Å². The zero-order chi connectivity index (χ0) is 12.8. The van der Waals surface area contributed by atoms with Crippen LogP contribution in [-0.4, -0.2) is 15.8 Å². The van der Waals surface area contributed by atoms with E-state index in [1.807, 2.05) is 38.1 Å². The molecule has 1 rings (SSSR count). The fourth-order valence-corrected chi connectivity index (χ4v) is 1.51. The molecule has 0 saturated heterocycles. The summed E-state index contributed by atoms with van der Waals surface area (Å²) in [5, 5.41) is 11.8. The molecule has 1 atom stereocenters. The SMILES string of the molecule is CC(C)C(Br)C(=O)NCc1ccc(CO)cc1. The van der Waals surface area contributed by atoms with Crippen LogP contribution in [0, 0.1) is 5.92 Å². The van der Waals surface area contributed by atoms with Crippen molar-refractivity contribution in [3.8, 4) is 0 Å². The van der Waals surface area contributed by atoms with Crippen molar-refractivity contribution in [2.75, 3.05) is 0 Å². The van der Waals surface area contributed by atoms with Crippen LogP contribution in [0.4, 0.5) is 0 Å². The minimum atomic E-state index is -0.154. The van der Waals surface area contributed by atoms with Gasteiger partial charge in [0.15, 0.2) is 0 Å². The van der Waals surface area contributed by atoms with Crippen molar-refractivity contribution in [1.82, 2.24) is 5.32 Å². The van der Waals surface area contributed by atoms with Gasteiger partial charge in [0.05, 0.1) is 11.4 Å². The zero-order valence-corrected chi connectivity index (χ0v) is 11.7. The standard InChI is InChI=1S/C13H18BrNO2/c1-9(2)12(14)13(17)15-7-10-3-5-11(8-16)6-4-10/h3-6,9,12,16H,7-8H2,1-2H3,(H,15,17). The summed E-state index contributed by atoms with van der Waals surface area (Å²) < 4.78 is 0. The molecule has 2 N–H and O–H groups in total. The Hall–Kier alpha value is -0.870. The topological polar surface area (TPSA) is 49.3 Å². The molecule has 4 heteroatoms. The highest BCUT2D eigenvalue weighted by Crippen LogP contribution is 2.12. The molecule has 0 heterocycles. The molecule has 0 aromatic heterocycles. The highest BCUT2D eigenvalue weighted by Gasteiger charge is 2.17. The van der Waals surface area contributed by atoms with E-state index in [9.17, 15) is 4.79 Å². The van der Waals surface area contributed by atoms with E-state index >= 15 is 0 Å². The first-order chi connectivity index (χ1) is 8.04. The third kappa shape index (κ3) is 4.48. The summed E-state index contributed by atoms with van der Waals surface area (Å²) in [5.41, 5.74) is 1.90. The maximum absolute atomic E-state index is 11.7. The lowest BCUT2D eigenvalue weighted by Gasteiger charge is -2.13. The quantitative estimate of drug-likeness (QED) is 0.819. The molecule has 0 saturated carbocycles. The number of alkyl halides is 1. The average Bonchev–Trinajstić information content (AvgIpc) is 2.35. The molecule has 0 radical (unpaired) electrons. The number of hydrogen-bond acceptors (Lipinski definition) is 2. The number of rotatable bonds is 5. The minimum absolute atomic E-state index is 0.00577. The summed E-state index contributed by atoms with van der Waals surface area (Å²) in [6.07, 6.45) is 0. The number of nitrogens with one attached hydrogen (secondary N) is 1. The predicted molar refractivity (Wildman–Crippen MR) is 71.8 cm³/mol. The molecule has 1 aromatic carbocycles. The first kappa shape index (κ1) is 14.2. The zero-order valence-electron chi connectivity index (χ0n) is 10.1. The molecule has 1 amide bonds. The fourth-order valence-electron chi connectivity index (χ4n) is 1.35. The Bertz CT molecular complexity index is 362. The molecule has 0 aliphatic heterocycles. The van der Waals surface area contributed by atoms with Crippen LogP contribution in [0.2, 0.25) is 0 Å². The van der Waals surface area contributed by atoms with Crippen LogP contribution >= 0.6 is 15.9 Å². The maximum Gasteiger partial charge on any atom is 0.234 e. The van der Waals surface area contributed by atoms with Crippen LogP contribution < -0.4 is 5.32 Å². The highest BCUT2D eigenvalue weighted by atomic mass is 79.9. The summed E-state index contributed by atoms with van der Waals surface area (Å²) >= 11 is 3.36. The summed E-state index contributed by atoms with van der Waals surface area (Å²) in [4.78, 5) is 11.5. The fraction of sp³-hybridized carbons (Fsp3) is 0.462. The van der Waals surface area contributed by atoms with Crippen LogP contribution in [0.15, 0.2) is 24.3 Å². The molecule has 0 aliphatic rings. The Balaban J connectivity index is 2.47. The van der Waals surface area contributed by atoms with Gasteiger partial charge in [-0.1, -0.05) is 54.0 Å². The van der Waals surface area contributed by atoms with Crippen molar-refractivity contribution >= 4 is 21.8 Å². The van der Waals surface area contributed by atoms with Gasteiger partial charge >= 0.3 is 0 Å². The highest BCUT2D eigenvalue weighted by molar-refractivity contribution is 9.10. The maximum atomic E-state index is 11.7. The van der Waals surface area contributed by atoms with Crippen LogP contribution in [0.5, 0.6) is 0 Å². The monoisotopic (exact) mass is 299 g/mol. The predicted octanol–water partition coefficient (Wildman–Crippen LogP) is 2.21. The second-order valence-corrected chi connectivity index (χ2v) is 5.32. The number of aliphatic hydroxyl groups is 1. The largest absolute Gasteiger partial charge is 0.392 e. The van der Waals surface area contributed by atoms with Crippen molar-refractivity contribution in [2.45, 2.75) is 31.8 Å². The molecule has 1 aromatic rings. The van der Waals surface area contributed by atoms with Crippen LogP contribution in [0.1, 0.15) is 25.0 Å². The van der Waals surface area contributed by atoms with Crippen molar-refractivity contribution in [3.63, 3.8) is 0 Å². The number of halogens is 1. The Kier molecular flexibility index (Phi) is 5.65. The Morgan fingerprint density at radius 2 is 1.82 bits per heavy atom. The minimum Gasteiger partial charge on any atom is -0.392 e. The second-order valence-electron chi connectivity index (χ2n) is 4.34. The third-order valence-electron chi connectivity index (χ3n) is 2.51. The van der Waals surface area contributed by atoms with Crippen LogP contribution in [-0.2, 0) is 17.9 Å². The van der Waals surface area contributed by atoms with E-state index in [-0.39, 0.29) is 23.3 Å². The van der Waals surface area contributed by atoms with E-state index in [1.165, 1.54) is 0 Å². The lowest BCUT2D eigenvalue weighted by Crippen LogP contribution is -2.33.